The number of unbranched alkanes of at least 4 members (excludes halogenated alkanes) is 3. The lowest BCUT2D eigenvalue weighted by molar-refractivity contribution is 0.0693. The van der Waals surface area contributed by atoms with Gasteiger partial charge in [-0.2, -0.15) is 0 Å². The first kappa shape index (κ1) is 15.5. The van der Waals surface area contributed by atoms with E-state index in [1.165, 1.54) is 31.4 Å². The minimum atomic E-state index is -1.24. The molecule has 1 aromatic carbocycles. The second kappa shape index (κ2) is 7.77. The number of hydrogen-bond acceptors (Lipinski definition) is 2. The molecule has 0 amide bonds. The molecular formula is C15H22FNO2. The number of halogens is 1. The summed E-state index contributed by atoms with van der Waals surface area (Å²) in [5, 5.41) is 12.1. The first-order chi connectivity index (χ1) is 9.06. The van der Waals surface area contributed by atoms with Crippen molar-refractivity contribution in [3.8, 4) is 0 Å². The highest BCUT2D eigenvalue weighted by atomic mass is 19.1. The topological polar surface area (TPSA) is 49.3 Å². The van der Waals surface area contributed by atoms with Crippen LogP contribution in [-0.4, -0.2) is 17.1 Å². The summed E-state index contributed by atoms with van der Waals surface area (Å²) in [6, 6.07) is 4.43. The zero-order chi connectivity index (χ0) is 14.3. The van der Waals surface area contributed by atoms with Crippen LogP contribution in [0.25, 0.3) is 0 Å². The van der Waals surface area contributed by atoms with E-state index >= 15 is 0 Å². The lowest BCUT2D eigenvalue weighted by Gasteiger charge is -2.17. The van der Waals surface area contributed by atoms with Crippen molar-refractivity contribution < 1.29 is 14.3 Å². The number of benzene rings is 1. The van der Waals surface area contributed by atoms with E-state index in [0.29, 0.717) is 5.69 Å². The molecule has 3 nitrogen and oxygen atoms in total. The monoisotopic (exact) mass is 267 g/mol. The standard InChI is InChI=1S/C15H22FNO2/c1-3-4-5-6-8-11(2)17-13-10-7-9-12(16)14(13)15(18)19/h7,9-11,17H,3-6,8H2,1-2H3,(H,18,19). The smallest absolute Gasteiger partial charge is 0.340 e. The number of aromatic carboxylic acids is 1. The van der Waals surface area contributed by atoms with Crippen LogP contribution in [0.2, 0.25) is 0 Å². The number of carboxylic acids is 1. The number of nitrogens with one attached hydrogen (secondary N) is 1. The van der Waals surface area contributed by atoms with Crippen molar-refractivity contribution in [3.05, 3.63) is 29.6 Å². The van der Waals surface area contributed by atoms with Crippen molar-refractivity contribution >= 4 is 11.7 Å². The molecule has 106 valence electrons. The quantitative estimate of drug-likeness (QED) is 0.691. The lowest BCUT2D eigenvalue weighted by atomic mass is 10.1. The van der Waals surface area contributed by atoms with Crippen LogP contribution < -0.4 is 5.32 Å². The van der Waals surface area contributed by atoms with E-state index in [1.807, 2.05) is 6.92 Å². The first-order valence-corrected chi connectivity index (χ1v) is 6.84. The summed E-state index contributed by atoms with van der Waals surface area (Å²) in [4.78, 5) is 11.0. The van der Waals surface area contributed by atoms with Gasteiger partial charge in [0.05, 0.1) is 5.69 Å². The molecule has 0 heterocycles. The predicted octanol–water partition coefficient (Wildman–Crippen LogP) is 4.29. The average Bonchev–Trinajstić information content (AvgIpc) is 2.34. The molecule has 0 radical (unpaired) electrons. The fraction of sp³-hybridized carbons (Fsp3) is 0.533. The van der Waals surface area contributed by atoms with Crippen LogP contribution in [0.4, 0.5) is 10.1 Å². The van der Waals surface area contributed by atoms with E-state index in [2.05, 4.69) is 12.2 Å². The summed E-state index contributed by atoms with van der Waals surface area (Å²) >= 11 is 0. The van der Waals surface area contributed by atoms with E-state index in [0.717, 1.165) is 12.8 Å². The highest BCUT2D eigenvalue weighted by Crippen LogP contribution is 2.21. The number of hydrogen-bond donors (Lipinski definition) is 2. The molecule has 0 fully saturated rings. The van der Waals surface area contributed by atoms with Crippen molar-refractivity contribution in [2.75, 3.05) is 5.32 Å². The molecule has 19 heavy (non-hydrogen) atoms. The van der Waals surface area contributed by atoms with E-state index in [4.69, 9.17) is 5.11 Å². The van der Waals surface area contributed by atoms with Gasteiger partial charge in [0, 0.05) is 6.04 Å². The largest absolute Gasteiger partial charge is 0.478 e. The van der Waals surface area contributed by atoms with E-state index in [9.17, 15) is 9.18 Å². The Bertz CT molecular complexity index is 421. The minimum Gasteiger partial charge on any atom is -0.478 e. The highest BCUT2D eigenvalue weighted by Gasteiger charge is 2.16. The van der Waals surface area contributed by atoms with Crippen LogP contribution >= 0.6 is 0 Å². The van der Waals surface area contributed by atoms with Gasteiger partial charge in [0.1, 0.15) is 11.4 Å². The Morgan fingerprint density at radius 2 is 2.11 bits per heavy atom. The predicted molar refractivity (Wildman–Crippen MR) is 75.2 cm³/mol. The Morgan fingerprint density at radius 1 is 1.37 bits per heavy atom. The molecule has 0 bridgehead atoms. The van der Waals surface area contributed by atoms with Crippen molar-refractivity contribution in [1.29, 1.82) is 0 Å². The third-order valence-corrected chi connectivity index (χ3v) is 3.12. The third kappa shape index (κ3) is 4.89. The average molecular weight is 267 g/mol. The summed E-state index contributed by atoms with van der Waals surface area (Å²) < 4.78 is 13.5. The molecule has 0 aliphatic heterocycles. The van der Waals surface area contributed by atoms with Crippen molar-refractivity contribution in [3.63, 3.8) is 0 Å². The SMILES string of the molecule is CCCCCCC(C)Nc1cccc(F)c1C(=O)O. The zero-order valence-electron chi connectivity index (χ0n) is 11.6. The van der Waals surface area contributed by atoms with Gasteiger partial charge in [0.15, 0.2) is 0 Å². The second-order valence-electron chi connectivity index (χ2n) is 4.86. The van der Waals surface area contributed by atoms with Gasteiger partial charge in [-0.1, -0.05) is 38.7 Å². The third-order valence-electron chi connectivity index (χ3n) is 3.12. The van der Waals surface area contributed by atoms with Gasteiger partial charge in [-0.3, -0.25) is 0 Å². The van der Waals surface area contributed by atoms with Crippen molar-refractivity contribution in [1.82, 2.24) is 0 Å². The molecule has 0 saturated carbocycles. The van der Waals surface area contributed by atoms with Gasteiger partial charge in [-0.25, -0.2) is 9.18 Å². The first-order valence-electron chi connectivity index (χ1n) is 6.84. The lowest BCUT2D eigenvalue weighted by Crippen LogP contribution is -2.18. The molecule has 0 saturated heterocycles. The molecule has 0 spiro atoms. The Hall–Kier alpha value is -1.58. The maximum absolute atomic E-state index is 13.5. The molecule has 1 atom stereocenters. The van der Waals surface area contributed by atoms with Gasteiger partial charge in [0.25, 0.3) is 0 Å². The van der Waals surface area contributed by atoms with Gasteiger partial charge >= 0.3 is 5.97 Å². The van der Waals surface area contributed by atoms with E-state index < -0.39 is 11.8 Å². The van der Waals surface area contributed by atoms with Crippen molar-refractivity contribution in [2.45, 2.75) is 52.0 Å². The van der Waals surface area contributed by atoms with Crippen LogP contribution in [0.3, 0.4) is 0 Å². The second-order valence-corrected chi connectivity index (χ2v) is 4.86. The Kier molecular flexibility index (Phi) is 6.33. The van der Waals surface area contributed by atoms with Gasteiger partial charge in [0.2, 0.25) is 0 Å². The summed E-state index contributed by atoms with van der Waals surface area (Å²) in [5.41, 5.74) is 0.0819. The fourth-order valence-corrected chi connectivity index (χ4v) is 2.08. The van der Waals surface area contributed by atoms with Gasteiger partial charge in [-0.05, 0) is 25.5 Å². The number of carboxylic acid groups (broad SMARTS) is 1. The number of rotatable bonds is 8. The van der Waals surface area contributed by atoms with Crippen LogP contribution in [0.5, 0.6) is 0 Å². The molecule has 1 unspecified atom stereocenters. The summed E-state index contributed by atoms with van der Waals surface area (Å²) in [6.07, 6.45) is 5.63. The van der Waals surface area contributed by atoms with Crippen LogP contribution in [0.1, 0.15) is 56.3 Å². The molecule has 2 N–H and O–H groups in total. The van der Waals surface area contributed by atoms with Crippen LogP contribution in [0.15, 0.2) is 18.2 Å². The normalized spacial score (nSPS) is 12.2. The molecule has 0 aliphatic carbocycles. The van der Waals surface area contributed by atoms with Crippen LogP contribution in [-0.2, 0) is 0 Å². The summed E-state index contributed by atoms with van der Waals surface area (Å²) in [6.45, 7) is 4.15. The Balaban J connectivity index is 2.61. The van der Waals surface area contributed by atoms with Gasteiger partial charge in [-0.15, -0.1) is 0 Å². The van der Waals surface area contributed by atoms with E-state index in [1.54, 1.807) is 6.07 Å². The van der Waals surface area contributed by atoms with E-state index in [-0.39, 0.29) is 11.6 Å². The Morgan fingerprint density at radius 3 is 2.74 bits per heavy atom. The molecular weight excluding hydrogens is 245 g/mol. The summed E-state index contributed by atoms with van der Waals surface area (Å²) in [5.74, 6) is -1.94. The van der Waals surface area contributed by atoms with Crippen LogP contribution in [0, 0.1) is 5.82 Å². The number of carbonyl (C=O) groups is 1. The zero-order valence-corrected chi connectivity index (χ0v) is 11.6. The Labute approximate surface area is 113 Å². The molecule has 0 aromatic heterocycles. The number of anilines is 1. The molecule has 0 aliphatic rings. The minimum absolute atomic E-state index is 0.136. The highest BCUT2D eigenvalue weighted by molar-refractivity contribution is 5.94. The molecule has 1 aromatic rings. The molecule has 1 rings (SSSR count). The summed E-state index contributed by atoms with van der Waals surface area (Å²) in [7, 11) is 0. The fourth-order valence-electron chi connectivity index (χ4n) is 2.08. The maximum Gasteiger partial charge on any atom is 0.340 e. The molecule has 4 heteroatoms. The van der Waals surface area contributed by atoms with Gasteiger partial charge < -0.3 is 10.4 Å². The van der Waals surface area contributed by atoms with Crippen molar-refractivity contribution in [2.24, 2.45) is 0 Å². The maximum atomic E-state index is 13.5.